The number of amides is 1. The van der Waals surface area contributed by atoms with E-state index < -0.39 is 0 Å². The summed E-state index contributed by atoms with van der Waals surface area (Å²) in [6.07, 6.45) is 6.28. The summed E-state index contributed by atoms with van der Waals surface area (Å²) in [4.78, 5) is 18.3. The molecule has 2 aromatic rings. The summed E-state index contributed by atoms with van der Waals surface area (Å²) < 4.78 is 1.09. The van der Waals surface area contributed by atoms with Gasteiger partial charge in [-0.3, -0.25) is 4.79 Å². The molecule has 0 aliphatic heterocycles. The number of halogens is 1. The highest BCUT2D eigenvalue weighted by atomic mass is 35.5. The van der Waals surface area contributed by atoms with Crippen LogP contribution in [0.3, 0.4) is 0 Å². The smallest absolute Gasteiger partial charge is 0.281 e. The first-order valence-electron chi connectivity index (χ1n) is 8.03. The zero-order valence-electron chi connectivity index (χ0n) is 14.4. The van der Waals surface area contributed by atoms with Gasteiger partial charge in [0.25, 0.3) is 5.91 Å². The largest absolute Gasteiger partial charge is 0.399 e. The topological polar surface area (TPSA) is 63.0 Å². The molecule has 1 amide bonds. The molecule has 0 saturated heterocycles. The van der Waals surface area contributed by atoms with Gasteiger partial charge in [0, 0.05) is 10.6 Å². The van der Waals surface area contributed by atoms with Gasteiger partial charge in [-0.15, -0.1) is 23.1 Å². The summed E-state index contributed by atoms with van der Waals surface area (Å²) in [5, 5.41) is 8.88. The van der Waals surface area contributed by atoms with E-state index in [0.29, 0.717) is 9.90 Å². The number of hydrazone groups is 1. The monoisotopic (exact) mass is 407 g/mol. The Morgan fingerprint density at radius 1 is 1.35 bits per heavy atom. The van der Waals surface area contributed by atoms with E-state index in [4.69, 9.17) is 16.4 Å². The van der Waals surface area contributed by atoms with Gasteiger partial charge in [-0.2, -0.15) is 5.10 Å². The molecule has 0 bridgehead atoms. The number of thioether (sulfide) groups is 1. The molecule has 1 N–H and O–H groups in total. The fourth-order valence-electron chi connectivity index (χ4n) is 2.82. The Bertz CT molecular complexity index is 860. The maximum atomic E-state index is 12.6. The lowest BCUT2D eigenvalue weighted by Gasteiger charge is -2.15. The third-order valence-corrected chi connectivity index (χ3v) is 6.55. The van der Waals surface area contributed by atoms with Crippen molar-refractivity contribution in [1.82, 2.24) is 5.43 Å². The summed E-state index contributed by atoms with van der Waals surface area (Å²) in [5.74, 6) is -0.199. The number of benzene rings is 1. The van der Waals surface area contributed by atoms with Gasteiger partial charge in [0.2, 0.25) is 0 Å². The minimum Gasteiger partial charge on any atom is -0.399 e. The van der Waals surface area contributed by atoms with Crippen LogP contribution in [0.4, 0.5) is 0 Å². The van der Waals surface area contributed by atoms with Gasteiger partial charge >= 0.3 is 0 Å². The zero-order chi connectivity index (χ0) is 18.5. The molecule has 5 nitrogen and oxygen atoms in total. The molecule has 0 fully saturated rings. The first-order chi connectivity index (χ1) is 12.6. The Balaban J connectivity index is 1.81. The van der Waals surface area contributed by atoms with Crippen molar-refractivity contribution >= 4 is 52.5 Å². The molecule has 0 spiro atoms. The van der Waals surface area contributed by atoms with Crippen molar-refractivity contribution < 1.29 is 9.63 Å². The van der Waals surface area contributed by atoms with Crippen LogP contribution in [0.1, 0.15) is 39.2 Å². The quantitative estimate of drug-likeness (QED) is 0.448. The lowest BCUT2D eigenvalue weighted by molar-refractivity contribution is 0.0958. The molecular formula is C18H18ClN3O2S2. The van der Waals surface area contributed by atoms with Crippen LogP contribution in [0, 0.1) is 0 Å². The molecule has 8 heteroatoms. The highest BCUT2D eigenvalue weighted by Crippen LogP contribution is 2.39. The predicted molar refractivity (Wildman–Crippen MR) is 109 cm³/mol. The lowest BCUT2D eigenvalue weighted by atomic mass is 9.92. The number of hydrogen-bond donors (Lipinski definition) is 1. The van der Waals surface area contributed by atoms with E-state index in [1.807, 2.05) is 18.4 Å². The number of rotatable bonds is 5. The average molecular weight is 408 g/mol. The number of thiophene rings is 1. The minimum atomic E-state index is -0.199. The molecule has 26 heavy (non-hydrogen) atoms. The number of fused-ring (bicyclic) bond motifs is 1. The van der Waals surface area contributed by atoms with Gasteiger partial charge in [0.05, 0.1) is 21.0 Å². The maximum absolute atomic E-state index is 12.6. The highest BCUT2D eigenvalue weighted by molar-refractivity contribution is 8.00. The maximum Gasteiger partial charge on any atom is 0.281 e. The van der Waals surface area contributed by atoms with Crippen LogP contribution in [0.2, 0.25) is 5.02 Å². The molecule has 1 aromatic carbocycles. The van der Waals surface area contributed by atoms with Crippen LogP contribution >= 0.6 is 34.7 Å². The Labute approximate surface area is 165 Å². The van der Waals surface area contributed by atoms with Crippen LogP contribution < -0.4 is 5.43 Å². The zero-order valence-corrected chi connectivity index (χ0v) is 16.8. The highest BCUT2D eigenvalue weighted by Gasteiger charge is 2.28. The summed E-state index contributed by atoms with van der Waals surface area (Å²) in [6, 6.07) is 7.23. The Morgan fingerprint density at radius 2 is 2.12 bits per heavy atom. The lowest BCUT2D eigenvalue weighted by Crippen LogP contribution is -2.20. The van der Waals surface area contributed by atoms with Gasteiger partial charge in [-0.25, -0.2) is 5.43 Å². The molecule has 0 saturated carbocycles. The van der Waals surface area contributed by atoms with Crippen LogP contribution in [0.15, 0.2) is 38.7 Å². The summed E-state index contributed by atoms with van der Waals surface area (Å²) in [7, 11) is 1.55. The summed E-state index contributed by atoms with van der Waals surface area (Å²) in [6.45, 7) is 0. The van der Waals surface area contributed by atoms with Crippen molar-refractivity contribution in [1.29, 1.82) is 0 Å². The molecule has 1 aliphatic rings. The van der Waals surface area contributed by atoms with E-state index in [1.165, 1.54) is 11.3 Å². The number of nitrogens with zero attached hydrogens (tertiary/aromatic N) is 2. The number of carbonyl (C=O) groups is 1. The second-order valence-corrected chi connectivity index (χ2v) is 8.13. The first kappa shape index (κ1) is 18.9. The molecule has 136 valence electrons. The number of carbonyl (C=O) groups excluding carboxylic acids is 1. The van der Waals surface area contributed by atoms with Crippen molar-refractivity contribution in [3.63, 3.8) is 0 Å². The summed E-state index contributed by atoms with van der Waals surface area (Å²) in [5.41, 5.74) is 6.50. The van der Waals surface area contributed by atoms with E-state index >= 15 is 0 Å². The molecule has 1 aromatic heterocycles. The number of hydrogen-bond acceptors (Lipinski definition) is 6. The molecule has 1 heterocycles. The minimum absolute atomic E-state index is 0.199. The van der Waals surface area contributed by atoms with E-state index in [1.54, 1.807) is 37.2 Å². The molecular weight excluding hydrogens is 390 g/mol. The van der Waals surface area contributed by atoms with Crippen molar-refractivity contribution in [2.75, 3.05) is 13.4 Å². The SMILES string of the molecule is CO/N=C1/CCCc2c(C(=O)N/N=C\c3ccc(Cl)cc3)sc(SC)c21. The van der Waals surface area contributed by atoms with Crippen LogP contribution in [-0.4, -0.2) is 31.2 Å². The van der Waals surface area contributed by atoms with Crippen molar-refractivity contribution in [2.45, 2.75) is 23.5 Å². The normalized spacial score (nSPS) is 15.3. The van der Waals surface area contributed by atoms with Gasteiger partial charge in [0.15, 0.2) is 0 Å². The predicted octanol–water partition coefficient (Wildman–Crippen LogP) is 4.57. The van der Waals surface area contributed by atoms with Crippen LogP contribution in [0.5, 0.6) is 0 Å². The van der Waals surface area contributed by atoms with Gasteiger partial charge in [-0.1, -0.05) is 28.9 Å². The average Bonchev–Trinajstić information content (AvgIpc) is 3.03. The molecule has 1 aliphatic carbocycles. The van der Waals surface area contributed by atoms with Crippen molar-refractivity contribution in [3.8, 4) is 0 Å². The number of oxime groups is 1. The van der Waals surface area contributed by atoms with E-state index in [2.05, 4.69) is 15.7 Å². The van der Waals surface area contributed by atoms with Gasteiger partial charge in [-0.05, 0) is 48.8 Å². The van der Waals surface area contributed by atoms with Crippen molar-refractivity contribution in [3.05, 3.63) is 50.9 Å². The number of nitrogens with one attached hydrogen (secondary N) is 1. The standard InChI is InChI=1S/C18H18ClN3O2S2/c1-24-22-14-5-3-4-13-15(14)18(25-2)26-16(13)17(23)21-20-10-11-6-8-12(19)9-7-11/h6-10H,3-5H2,1-2H3,(H,21,23)/b20-10-,22-14-. The first-order valence-corrected chi connectivity index (χ1v) is 10.4. The van der Waals surface area contributed by atoms with Crippen molar-refractivity contribution in [2.24, 2.45) is 10.3 Å². The second-order valence-electron chi connectivity index (χ2n) is 5.60. The van der Waals surface area contributed by atoms with E-state index in [9.17, 15) is 4.79 Å². The molecule has 0 atom stereocenters. The second kappa shape index (κ2) is 8.70. The van der Waals surface area contributed by atoms with E-state index in [0.717, 1.165) is 45.9 Å². The molecule has 0 unspecified atom stereocenters. The van der Waals surface area contributed by atoms with Crippen LogP contribution in [-0.2, 0) is 11.3 Å². The third kappa shape index (κ3) is 4.11. The Hall–Kier alpha value is -1.83. The molecule has 3 rings (SSSR count). The third-order valence-electron chi connectivity index (χ3n) is 3.95. The van der Waals surface area contributed by atoms with Gasteiger partial charge in [0.1, 0.15) is 7.11 Å². The van der Waals surface area contributed by atoms with E-state index in [-0.39, 0.29) is 5.91 Å². The fraction of sp³-hybridized carbons (Fsp3) is 0.278. The Kier molecular flexibility index (Phi) is 6.34. The van der Waals surface area contributed by atoms with Crippen LogP contribution in [0.25, 0.3) is 0 Å². The summed E-state index contributed by atoms with van der Waals surface area (Å²) >= 11 is 8.97. The Morgan fingerprint density at radius 3 is 2.81 bits per heavy atom. The fourth-order valence-corrected chi connectivity index (χ4v) is 4.97. The van der Waals surface area contributed by atoms with Gasteiger partial charge < -0.3 is 4.84 Å². The molecule has 0 radical (unpaired) electrons.